The summed E-state index contributed by atoms with van der Waals surface area (Å²) in [5, 5.41) is 16.4. The highest BCUT2D eigenvalue weighted by Crippen LogP contribution is 2.39. The van der Waals surface area contributed by atoms with E-state index in [1.54, 1.807) is 62.5 Å². The van der Waals surface area contributed by atoms with Gasteiger partial charge in [0.2, 0.25) is 0 Å². The fourth-order valence-corrected chi connectivity index (χ4v) is 17.0. The van der Waals surface area contributed by atoms with Gasteiger partial charge in [-0.1, -0.05) is 43.3 Å². The number of carbonyl (C=O) groups excluding carboxylic acids is 5. The lowest BCUT2D eigenvalue weighted by atomic mass is 10.1. The average molecular weight is 1790 g/mol. The largest absolute Gasteiger partial charge is 0.497 e. The zero-order valence-electron chi connectivity index (χ0n) is 73.0. The molecule has 5 aromatic carbocycles. The van der Waals surface area contributed by atoms with Gasteiger partial charge >= 0.3 is 12.2 Å². The molecule has 0 aliphatic carbocycles. The van der Waals surface area contributed by atoms with Gasteiger partial charge in [0.05, 0.1) is 50.4 Å². The van der Waals surface area contributed by atoms with Gasteiger partial charge in [-0.05, 0) is 169 Å². The second-order valence-corrected chi connectivity index (χ2v) is 35.0. The summed E-state index contributed by atoms with van der Waals surface area (Å²) >= 11 is 3.43. The first-order chi connectivity index (χ1) is 60.3. The number of nitrogens with two attached hydrogens (primary N) is 5. The van der Waals surface area contributed by atoms with Crippen LogP contribution in [0.4, 0.5) is 74.3 Å². The van der Waals surface area contributed by atoms with E-state index < -0.39 is 28.7 Å². The quantitative estimate of drug-likeness (QED) is 0.0225. The van der Waals surface area contributed by atoms with Crippen molar-refractivity contribution in [2.75, 3.05) is 175 Å². The normalized spacial score (nSPS) is 13.5. The number of thiophene rings is 3. The van der Waals surface area contributed by atoms with Crippen molar-refractivity contribution in [1.82, 2.24) is 40.7 Å². The van der Waals surface area contributed by atoms with E-state index in [0.29, 0.717) is 146 Å². The Balaban J connectivity index is 0.000000170. The maximum atomic E-state index is 15.0. The molecule has 3 fully saturated rings. The van der Waals surface area contributed by atoms with E-state index in [4.69, 9.17) is 57.1 Å². The molecular weight excluding hydrogens is 1670 g/mol. The Labute approximate surface area is 743 Å². The fourth-order valence-electron chi connectivity index (χ4n) is 14.0. The summed E-state index contributed by atoms with van der Waals surface area (Å²) < 4.78 is 75.3. The average Bonchev–Trinajstić information content (AvgIpc) is 1.65. The molecule has 0 bridgehead atoms. The standard InChI is InChI=1S/C34H41FN6O5S.C20H23FN6OS.C20H22FN3O3S.C17H27N3O2/c1-34(2,3)46-33(43)41-16-14-40(15-17-41)23-9-6-21(7-10-23)12-13-37-31(42)29-28(36)25-19-26(35)30(39-32(25)47-29)38-20-22-8-11-24(44-4)18-27(22)45-5;21-15-11-14-16(22)17(29-20(14)26-18(15)23)19(28)25-6-5-12-1-3-13(4-2-12)27-9-7-24-8-10-27;1-4-5-15(25)18-17(22)13-9-14(21)19(24-20(13)28-18)23-10-11-6-7-12(26-2)8-16(11)27-3;1-17(2,3)22-16(21)20-12-10-19(11-13-20)15-6-4-14(5-7-15)8-9-18/h6-11,18-19H,12-17,20,36H2,1-5H3,(H,37,42)(H,38,39);1-4,11,24H,5-10,22H2,(H2,23,26)(H,25,28);6-9H,4-5,10,22H2,1-3H3,(H,23,24);4-7H,8-13,18H2,1-3H3. The Morgan fingerprint density at radius 3 is 1.20 bits per heavy atom. The molecule has 3 aliphatic rings. The Morgan fingerprint density at radius 2 is 0.825 bits per heavy atom. The molecule has 14 rings (SSSR count). The Bertz CT molecular complexity index is 5570. The first-order valence-electron chi connectivity index (χ1n) is 41.6. The van der Waals surface area contributed by atoms with Gasteiger partial charge in [0.25, 0.3) is 11.8 Å². The van der Waals surface area contributed by atoms with Crippen LogP contribution in [0.15, 0.2) is 127 Å². The topological polar surface area (TPSA) is 386 Å². The van der Waals surface area contributed by atoms with Crippen molar-refractivity contribution in [2.24, 2.45) is 5.73 Å². The third-order valence-corrected chi connectivity index (χ3v) is 24.2. The van der Waals surface area contributed by atoms with E-state index in [9.17, 15) is 32.8 Å². The van der Waals surface area contributed by atoms with Gasteiger partial charge in [-0.15, -0.1) is 34.0 Å². The van der Waals surface area contributed by atoms with Gasteiger partial charge < -0.3 is 108 Å². The maximum Gasteiger partial charge on any atom is 0.410 e. The second-order valence-electron chi connectivity index (χ2n) is 32.0. The molecule has 9 heterocycles. The number of nitrogens with one attached hydrogen (secondary N) is 5. The number of fused-ring (bicyclic) bond motifs is 3. The summed E-state index contributed by atoms with van der Waals surface area (Å²) in [4.78, 5) is 87.8. The Hall–Kier alpha value is -12.3. The van der Waals surface area contributed by atoms with Crippen LogP contribution in [-0.2, 0) is 41.8 Å². The molecule has 0 atom stereocenters. The zero-order chi connectivity index (χ0) is 90.5. The summed E-state index contributed by atoms with van der Waals surface area (Å²) in [7, 11) is 6.27. The number of Topliss-reactive ketones (excluding diaryl/α,β-unsaturated/α-hetero) is 1. The van der Waals surface area contributed by atoms with Crippen molar-refractivity contribution in [1.29, 1.82) is 0 Å². The minimum atomic E-state index is -0.641. The number of amides is 4. The number of methoxy groups -OCH3 is 4. The van der Waals surface area contributed by atoms with Crippen molar-refractivity contribution in [2.45, 2.75) is 105 Å². The number of pyridine rings is 3. The van der Waals surface area contributed by atoms with E-state index in [-0.39, 0.29) is 65.2 Å². The minimum Gasteiger partial charge on any atom is -0.497 e. The van der Waals surface area contributed by atoms with Crippen LogP contribution < -0.4 is 88.9 Å². The number of halogens is 3. The summed E-state index contributed by atoms with van der Waals surface area (Å²) in [5.74, 6) is 0.0954. The molecule has 3 saturated heterocycles. The highest BCUT2D eigenvalue weighted by Gasteiger charge is 2.30. The van der Waals surface area contributed by atoms with Crippen LogP contribution in [0.5, 0.6) is 23.0 Å². The van der Waals surface area contributed by atoms with E-state index in [1.165, 1.54) is 46.5 Å². The van der Waals surface area contributed by atoms with Gasteiger partial charge in [-0.2, -0.15) is 0 Å². The SMILES string of the molecule is CC(C)(C)OC(=O)N1CCN(c2ccc(CCN)cc2)CC1.CCCC(=O)c1sc2nc(NCc3ccc(OC)cc3OC)c(F)cc2c1N.COc1ccc(CNc2nc3sc(C(=O)NCCc4ccc(N5CCN(C(=O)OC(C)(C)C)CC5)cc4)c(N)c3cc2F)c(OC)c1.Nc1nc2sc(C(=O)NCCc3ccc(N4CCNCC4)cc3)c(N)c2cc1F. The number of rotatable bonds is 26. The Morgan fingerprint density at radius 1 is 0.460 bits per heavy atom. The Kier molecular flexibility index (Phi) is 32.6. The number of hydrogen-bond donors (Lipinski definition) is 10. The fraction of sp³-hybridized carbons (Fsp3) is 0.385. The van der Waals surface area contributed by atoms with Crippen LogP contribution in [0.2, 0.25) is 0 Å². The minimum absolute atomic E-state index is 0.0408. The summed E-state index contributed by atoms with van der Waals surface area (Å²) in [6.07, 6.45) is 2.88. The van der Waals surface area contributed by atoms with E-state index >= 15 is 4.39 Å². The number of ether oxygens (including phenoxy) is 6. The van der Waals surface area contributed by atoms with Crippen molar-refractivity contribution in [3.63, 3.8) is 0 Å². The summed E-state index contributed by atoms with van der Waals surface area (Å²) in [6.45, 7) is 25.0. The monoisotopic (exact) mass is 1790 g/mol. The van der Waals surface area contributed by atoms with Crippen LogP contribution in [-0.4, -0.2) is 192 Å². The van der Waals surface area contributed by atoms with Crippen LogP contribution in [0.3, 0.4) is 0 Å². The zero-order valence-corrected chi connectivity index (χ0v) is 75.4. The molecule has 15 N–H and O–H groups in total. The predicted octanol–water partition coefficient (Wildman–Crippen LogP) is 14.5. The number of ketones is 1. The number of nitrogens with zero attached hydrogens (tertiary/aromatic N) is 8. The van der Waals surface area contributed by atoms with E-state index in [1.807, 2.05) is 72.7 Å². The predicted molar refractivity (Wildman–Crippen MR) is 499 cm³/mol. The number of anilines is 9. The lowest BCUT2D eigenvalue weighted by molar-refractivity contribution is 0.0230. The van der Waals surface area contributed by atoms with Crippen molar-refractivity contribution < 1.29 is 65.6 Å². The molecule has 6 aromatic heterocycles. The molecule has 0 unspecified atom stereocenters. The molecule has 35 heteroatoms. The third-order valence-electron chi connectivity index (χ3n) is 20.8. The first-order valence-corrected chi connectivity index (χ1v) is 44.1. The van der Waals surface area contributed by atoms with Crippen LogP contribution in [0.1, 0.15) is 118 Å². The van der Waals surface area contributed by atoms with Crippen LogP contribution >= 0.6 is 34.0 Å². The molecule has 3 aliphatic heterocycles. The van der Waals surface area contributed by atoms with Gasteiger partial charge in [-0.25, -0.2) is 37.7 Å². The highest BCUT2D eigenvalue weighted by molar-refractivity contribution is 7.22. The number of aromatic nitrogens is 3. The molecule has 11 aromatic rings. The van der Waals surface area contributed by atoms with E-state index in [0.717, 1.165) is 116 Å². The van der Waals surface area contributed by atoms with Gasteiger partial charge in [-0.3, -0.25) is 14.4 Å². The number of carbonyl (C=O) groups is 5. The first kappa shape index (κ1) is 94.4. The molecule has 0 radical (unpaired) electrons. The highest BCUT2D eigenvalue weighted by atomic mass is 32.1. The van der Waals surface area contributed by atoms with E-state index in [2.05, 4.69) is 117 Å². The van der Waals surface area contributed by atoms with Gasteiger partial charge in [0.15, 0.2) is 40.7 Å². The van der Waals surface area contributed by atoms with Gasteiger partial charge in [0.1, 0.15) is 58.4 Å². The van der Waals surface area contributed by atoms with Crippen molar-refractivity contribution in [3.05, 3.63) is 187 Å². The number of benzene rings is 5. The van der Waals surface area contributed by atoms with Crippen LogP contribution in [0, 0.1) is 17.5 Å². The summed E-state index contributed by atoms with van der Waals surface area (Å²) in [5.41, 5.74) is 37.8. The van der Waals surface area contributed by atoms with Crippen LogP contribution in [0.25, 0.3) is 30.6 Å². The number of hydrogen-bond acceptors (Lipinski definition) is 28. The smallest absolute Gasteiger partial charge is 0.410 e. The molecule has 0 saturated carbocycles. The number of nitrogen functional groups attached to an aromatic ring is 4. The molecule has 126 heavy (non-hydrogen) atoms. The lowest BCUT2D eigenvalue weighted by Gasteiger charge is -2.36. The maximum absolute atomic E-state index is 15.0. The molecule has 0 spiro atoms. The molecular formula is C91H113F3N18O11S3. The van der Waals surface area contributed by atoms with Gasteiger partial charge in [0, 0.05) is 168 Å². The van der Waals surface area contributed by atoms with Crippen molar-refractivity contribution >= 4 is 146 Å². The number of piperazine rings is 3. The summed E-state index contributed by atoms with van der Waals surface area (Å²) in [6, 6.07) is 39.8. The second kappa shape index (κ2) is 43.5. The lowest BCUT2D eigenvalue weighted by Crippen LogP contribution is -2.50. The van der Waals surface area contributed by atoms with Crippen molar-refractivity contribution in [3.8, 4) is 23.0 Å². The molecule has 4 amide bonds. The molecule has 672 valence electrons. The third kappa shape index (κ3) is 25.1. The molecule has 29 nitrogen and oxygen atoms in total.